The molecule has 3 N–H and O–H groups in total. The van der Waals surface area contributed by atoms with Crippen LogP contribution in [0.15, 0.2) is 11.6 Å². The molecule has 0 unspecified atom stereocenters. The summed E-state index contributed by atoms with van der Waals surface area (Å²) in [5, 5.41) is 2.78. The van der Waals surface area contributed by atoms with E-state index < -0.39 is 11.9 Å². The van der Waals surface area contributed by atoms with Gasteiger partial charge in [0.05, 0.1) is 0 Å². The van der Waals surface area contributed by atoms with Crippen molar-refractivity contribution in [2.24, 2.45) is 11.7 Å². The van der Waals surface area contributed by atoms with E-state index in [1.807, 2.05) is 19.9 Å². The molecule has 1 fully saturated rings. The first-order chi connectivity index (χ1) is 8.50. The number of primary amides is 1. The standard InChI is InChI=1S/C14H24N2O2/c1-10(2)8-9-12(13(15)17)16-14(18)11-6-4-3-5-7-11/h8,11-12H,3-7,9H2,1-2H3,(H2,15,17)(H,16,18)/t12-/m1/s1. The van der Waals surface area contributed by atoms with Gasteiger partial charge in [-0.15, -0.1) is 0 Å². The minimum atomic E-state index is -0.575. The van der Waals surface area contributed by atoms with Crippen molar-refractivity contribution in [3.8, 4) is 0 Å². The first kappa shape index (κ1) is 14.7. The molecule has 4 heteroatoms. The number of nitrogens with one attached hydrogen (secondary N) is 1. The maximum Gasteiger partial charge on any atom is 0.240 e. The molecule has 0 bridgehead atoms. The number of amides is 2. The zero-order valence-corrected chi connectivity index (χ0v) is 11.4. The molecule has 0 radical (unpaired) electrons. The fourth-order valence-corrected chi connectivity index (χ4v) is 2.25. The van der Waals surface area contributed by atoms with Crippen molar-refractivity contribution in [3.63, 3.8) is 0 Å². The number of hydrogen-bond donors (Lipinski definition) is 2. The van der Waals surface area contributed by atoms with Crippen molar-refractivity contribution < 1.29 is 9.59 Å². The molecular weight excluding hydrogens is 228 g/mol. The highest BCUT2D eigenvalue weighted by molar-refractivity contribution is 5.87. The molecule has 1 aliphatic carbocycles. The quantitative estimate of drug-likeness (QED) is 0.733. The lowest BCUT2D eigenvalue weighted by atomic mass is 9.88. The van der Waals surface area contributed by atoms with Crippen LogP contribution in [0.4, 0.5) is 0 Å². The van der Waals surface area contributed by atoms with E-state index in [0.29, 0.717) is 6.42 Å². The maximum absolute atomic E-state index is 12.0. The number of rotatable bonds is 5. The summed E-state index contributed by atoms with van der Waals surface area (Å²) in [5.74, 6) is -0.412. The van der Waals surface area contributed by atoms with Crippen LogP contribution >= 0.6 is 0 Å². The Morgan fingerprint density at radius 1 is 1.28 bits per heavy atom. The van der Waals surface area contributed by atoms with E-state index >= 15 is 0 Å². The van der Waals surface area contributed by atoms with Gasteiger partial charge in [0.15, 0.2) is 0 Å². The van der Waals surface area contributed by atoms with E-state index in [1.54, 1.807) is 0 Å². The van der Waals surface area contributed by atoms with Crippen LogP contribution in [0.1, 0.15) is 52.4 Å². The molecule has 1 aliphatic rings. The molecule has 4 nitrogen and oxygen atoms in total. The Morgan fingerprint density at radius 3 is 2.39 bits per heavy atom. The van der Waals surface area contributed by atoms with Crippen LogP contribution in [0.25, 0.3) is 0 Å². The highest BCUT2D eigenvalue weighted by Gasteiger charge is 2.24. The monoisotopic (exact) mass is 252 g/mol. The van der Waals surface area contributed by atoms with Crippen molar-refractivity contribution in [1.29, 1.82) is 0 Å². The molecule has 18 heavy (non-hydrogen) atoms. The van der Waals surface area contributed by atoms with Crippen molar-refractivity contribution in [3.05, 3.63) is 11.6 Å². The average molecular weight is 252 g/mol. The highest BCUT2D eigenvalue weighted by atomic mass is 16.2. The molecule has 102 valence electrons. The summed E-state index contributed by atoms with van der Waals surface area (Å²) in [4.78, 5) is 23.3. The molecule has 2 amide bonds. The van der Waals surface area contributed by atoms with Gasteiger partial charge in [-0.3, -0.25) is 9.59 Å². The Kier molecular flexibility index (Phi) is 5.89. The number of carbonyl (C=O) groups is 2. The zero-order valence-electron chi connectivity index (χ0n) is 11.4. The van der Waals surface area contributed by atoms with Crippen LogP contribution in [0.3, 0.4) is 0 Å². The SMILES string of the molecule is CC(C)=CC[C@@H](NC(=O)C1CCCCC1)C(N)=O. The van der Waals surface area contributed by atoms with Gasteiger partial charge in [-0.1, -0.05) is 30.9 Å². The van der Waals surface area contributed by atoms with Crippen LogP contribution in [0, 0.1) is 5.92 Å². The van der Waals surface area contributed by atoms with Gasteiger partial charge in [-0.05, 0) is 33.1 Å². The van der Waals surface area contributed by atoms with Crippen molar-refractivity contribution >= 4 is 11.8 Å². The second kappa shape index (κ2) is 7.19. The van der Waals surface area contributed by atoms with Gasteiger partial charge in [0, 0.05) is 5.92 Å². The molecular formula is C14H24N2O2. The molecule has 0 aromatic heterocycles. The van der Waals surface area contributed by atoms with Crippen molar-refractivity contribution in [2.45, 2.75) is 58.4 Å². The molecule has 1 atom stereocenters. The molecule has 1 rings (SSSR count). The lowest BCUT2D eigenvalue weighted by Crippen LogP contribution is -2.46. The first-order valence-corrected chi connectivity index (χ1v) is 6.73. The molecule has 0 heterocycles. The highest BCUT2D eigenvalue weighted by Crippen LogP contribution is 2.23. The Balaban J connectivity index is 2.51. The average Bonchev–Trinajstić information content (AvgIpc) is 2.34. The van der Waals surface area contributed by atoms with Gasteiger partial charge in [0.2, 0.25) is 11.8 Å². The van der Waals surface area contributed by atoms with Gasteiger partial charge in [-0.25, -0.2) is 0 Å². The second-order valence-electron chi connectivity index (χ2n) is 5.32. The lowest BCUT2D eigenvalue weighted by Gasteiger charge is -2.23. The fourth-order valence-electron chi connectivity index (χ4n) is 2.25. The van der Waals surface area contributed by atoms with E-state index in [2.05, 4.69) is 5.32 Å². The summed E-state index contributed by atoms with van der Waals surface area (Å²) in [5.41, 5.74) is 6.44. The lowest BCUT2D eigenvalue weighted by molar-refractivity contribution is -0.130. The summed E-state index contributed by atoms with van der Waals surface area (Å²) in [6.45, 7) is 3.92. The van der Waals surface area contributed by atoms with Gasteiger partial charge in [-0.2, -0.15) is 0 Å². The first-order valence-electron chi connectivity index (χ1n) is 6.73. The molecule has 0 aromatic rings. The fraction of sp³-hybridized carbons (Fsp3) is 0.714. The molecule has 1 saturated carbocycles. The van der Waals surface area contributed by atoms with E-state index in [-0.39, 0.29) is 11.8 Å². The summed E-state index contributed by atoms with van der Waals surface area (Å²) in [7, 11) is 0. The van der Waals surface area contributed by atoms with Gasteiger partial charge in [0.1, 0.15) is 6.04 Å². The normalized spacial score (nSPS) is 17.9. The Morgan fingerprint density at radius 2 is 1.89 bits per heavy atom. The summed E-state index contributed by atoms with van der Waals surface area (Å²) < 4.78 is 0. The van der Waals surface area contributed by atoms with E-state index in [0.717, 1.165) is 31.3 Å². The Bertz CT molecular complexity index is 327. The predicted octanol–water partition coefficient (Wildman–Crippen LogP) is 1.89. The number of hydrogen-bond acceptors (Lipinski definition) is 2. The number of carbonyl (C=O) groups excluding carboxylic acids is 2. The molecule has 0 aromatic carbocycles. The maximum atomic E-state index is 12.0. The Hall–Kier alpha value is -1.32. The zero-order chi connectivity index (χ0) is 13.5. The van der Waals surface area contributed by atoms with Crippen LogP contribution in [0.5, 0.6) is 0 Å². The minimum absolute atomic E-state index is 0.0133. The predicted molar refractivity (Wildman–Crippen MR) is 71.7 cm³/mol. The van der Waals surface area contributed by atoms with Crippen LogP contribution < -0.4 is 11.1 Å². The van der Waals surface area contributed by atoms with Gasteiger partial charge < -0.3 is 11.1 Å². The van der Waals surface area contributed by atoms with E-state index in [1.165, 1.54) is 6.42 Å². The van der Waals surface area contributed by atoms with E-state index in [9.17, 15) is 9.59 Å². The van der Waals surface area contributed by atoms with Crippen molar-refractivity contribution in [2.75, 3.05) is 0 Å². The topological polar surface area (TPSA) is 72.2 Å². The van der Waals surface area contributed by atoms with Crippen molar-refractivity contribution in [1.82, 2.24) is 5.32 Å². The van der Waals surface area contributed by atoms with E-state index in [4.69, 9.17) is 5.73 Å². The van der Waals surface area contributed by atoms with Gasteiger partial charge in [0.25, 0.3) is 0 Å². The van der Waals surface area contributed by atoms with Crippen LogP contribution in [-0.4, -0.2) is 17.9 Å². The van der Waals surface area contributed by atoms with Crippen LogP contribution in [-0.2, 0) is 9.59 Å². The number of nitrogens with two attached hydrogens (primary N) is 1. The summed E-state index contributed by atoms with van der Waals surface area (Å²) in [6.07, 6.45) is 7.69. The third-order valence-corrected chi connectivity index (χ3v) is 3.40. The summed E-state index contributed by atoms with van der Waals surface area (Å²) >= 11 is 0. The third-order valence-electron chi connectivity index (χ3n) is 3.40. The van der Waals surface area contributed by atoms with Gasteiger partial charge >= 0.3 is 0 Å². The Labute approximate surface area is 109 Å². The minimum Gasteiger partial charge on any atom is -0.368 e. The molecule has 0 saturated heterocycles. The summed E-state index contributed by atoms with van der Waals surface area (Å²) in [6, 6.07) is -0.575. The number of allylic oxidation sites excluding steroid dienone is 1. The molecule has 0 spiro atoms. The second-order valence-corrected chi connectivity index (χ2v) is 5.32. The third kappa shape index (κ3) is 4.90. The molecule has 0 aliphatic heterocycles. The largest absolute Gasteiger partial charge is 0.368 e. The van der Waals surface area contributed by atoms with Crippen LogP contribution in [0.2, 0.25) is 0 Å². The smallest absolute Gasteiger partial charge is 0.240 e.